The molecule has 4 N–H and O–H groups in total. The van der Waals surface area contributed by atoms with Gasteiger partial charge in [-0.15, -0.1) is 0 Å². The summed E-state index contributed by atoms with van der Waals surface area (Å²) >= 11 is 0. The van der Waals surface area contributed by atoms with Gasteiger partial charge in [0.15, 0.2) is 5.82 Å². The minimum absolute atomic E-state index is 0.295. The van der Waals surface area contributed by atoms with Crippen molar-refractivity contribution in [2.24, 2.45) is 10.7 Å². The number of benzene rings is 1. The molecule has 0 fully saturated rings. The number of anilines is 2. The van der Waals surface area contributed by atoms with Crippen LogP contribution in [0, 0.1) is 12.7 Å². The molecule has 2 heterocycles. The quantitative estimate of drug-likeness (QED) is 0.442. The smallest absolute Gasteiger partial charge is 0.247 e. The maximum absolute atomic E-state index is 14.6. The van der Waals surface area contributed by atoms with E-state index in [2.05, 4.69) is 27.2 Å². The van der Waals surface area contributed by atoms with Crippen molar-refractivity contribution in [1.82, 2.24) is 9.55 Å². The van der Waals surface area contributed by atoms with E-state index in [0.29, 0.717) is 22.9 Å². The number of pyridine rings is 1. The third kappa shape index (κ3) is 4.16. The Kier molecular flexibility index (Phi) is 5.73. The van der Waals surface area contributed by atoms with E-state index in [4.69, 9.17) is 5.73 Å². The molecule has 0 unspecified atom stereocenters. The standard InChI is InChI=1S/C21H21FN6O/c1-4-21(29)27-14-5-6-18-16(7-14)13(2)12-28(18)19-8-20(25-11-17(19)22)26-15(9-23)10-24-3/h4-12H,1,23H2,2-3H3,(H,25,26)(H,27,29)/b15-9+,24-10?. The lowest BCUT2D eigenvalue weighted by molar-refractivity contribution is -0.111. The Morgan fingerprint density at radius 3 is 2.83 bits per heavy atom. The zero-order valence-electron chi connectivity index (χ0n) is 16.1. The molecular weight excluding hydrogens is 371 g/mol. The fraction of sp³-hybridized carbons (Fsp3) is 0.0952. The number of allylic oxidation sites excluding steroid dienone is 1. The van der Waals surface area contributed by atoms with Gasteiger partial charge in [-0.2, -0.15) is 0 Å². The summed E-state index contributed by atoms with van der Waals surface area (Å²) in [7, 11) is 1.62. The summed E-state index contributed by atoms with van der Waals surface area (Å²) in [5, 5.41) is 6.61. The molecule has 0 atom stereocenters. The Labute approximate surface area is 167 Å². The fourth-order valence-electron chi connectivity index (χ4n) is 2.95. The van der Waals surface area contributed by atoms with E-state index in [-0.39, 0.29) is 5.91 Å². The van der Waals surface area contributed by atoms with Gasteiger partial charge in [0, 0.05) is 42.8 Å². The van der Waals surface area contributed by atoms with Gasteiger partial charge in [-0.25, -0.2) is 9.37 Å². The molecule has 3 rings (SSSR count). The summed E-state index contributed by atoms with van der Waals surface area (Å²) in [6.07, 6.45) is 7.08. The minimum Gasteiger partial charge on any atom is -0.403 e. The summed E-state index contributed by atoms with van der Waals surface area (Å²) in [5.41, 5.74) is 8.79. The van der Waals surface area contributed by atoms with Crippen LogP contribution >= 0.6 is 0 Å². The van der Waals surface area contributed by atoms with Crippen LogP contribution in [0.4, 0.5) is 15.9 Å². The average molecular weight is 392 g/mol. The van der Waals surface area contributed by atoms with E-state index in [0.717, 1.165) is 22.7 Å². The number of aliphatic imine (C=N–C) groups is 1. The van der Waals surface area contributed by atoms with E-state index >= 15 is 0 Å². The number of fused-ring (bicyclic) bond motifs is 1. The van der Waals surface area contributed by atoms with E-state index in [9.17, 15) is 9.18 Å². The number of nitrogens with two attached hydrogens (primary N) is 1. The van der Waals surface area contributed by atoms with E-state index < -0.39 is 5.82 Å². The van der Waals surface area contributed by atoms with Crippen molar-refractivity contribution in [2.75, 3.05) is 17.7 Å². The fourth-order valence-corrected chi connectivity index (χ4v) is 2.95. The molecule has 148 valence electrons. The largest absolute Gasteiger partial charge is 0.403 e. The average Bonchev–Trinajstić information content (AvgIpc) is 3.04. The molecule has 29 heavy (non-hydrogen) atoms. The minimum atomic E-state index is -0.473. The number of halogens is 1. The second-order valence-corrected chi connectivity index (χ2v) is 6.26. The Bertz CT molecular complexity index is 1150. The third-order valence-corrected chi connectivity index (χ3v) is 4.27. The second kappa shape index (κ2) is 8.39. The second-order valence-electron chi connectivity index (χ2n) is 6.26. The van der Waals surface area contributed by atoms with Crippen LogP contribution in [-0.4, -0.2) is 28.7 Å². The molecule has 0 aliphatic carbocycles. The van der Waals surface area contributed by atoms with Gasteiger partial charge in [-0.05, 0) is 36.8 Å². The molecule has 0 saturated heterocycles. The molecule has 0 aliphatic rings. The molecule has 0 spiro atoms. The number of carbonyl (C=O) groups excluding carboxylic acids is 1. The zero-order valence-corrected chi connectivity index (χ0v) is 16.1. The lowest BCUT2D eigenvalue weighted by Gasteiger charge is -2.11. The molecule has 0 bridgehead atoms. The monoisotopic (exact) mass is 392 g/mol. The first kappa shape index (κ1) is 19.8. The van der Waals surface area contributed by atoms with Crippen LogP contribution in [-0.2, 0) is 4.79 Å². The maximum Gasteiger partial charge on any atom is 0.247 e. The summed E-state index contributed by atoms with van der Waals surface area (Å²) in [6, 6.07) is 7.01. The highest BCUT2D eigenvalue weighted by Crippen LogP contribution is 2.29. The van der Waals surface area contributed by atoms with Crippen LogP contribution in [0.15, 0.2) is 66.2 Å². The van der Waals surface area contributed by atoms with Crippen molar-refractivity contribution in [1.29, 1.82) is 0 Å². The van der Waals surface area contributed by atoms with Crippen molar-refractivity contribution in [3.8, 4) is 5.69 Å². The lowest BCUT2D eigenvalue weighted by Crippen LogP contribution is -2.07. The van der Waals surface area contributed by atoms with Gasteiger partial charge in [0.25, 0.3) is 0 Å². The van der Waals surface area contributed by atoms with Crippen LogP contribution in [0.25, 0.3) is 16.6 Å². The molecule has 2 aromatic heterocycles. The molecular formula is C21H21FN6O. The van der Waals surface area contributed by atoms with E-state index in [1.165, 1.54) is 12.3 Å². The van der Waals surface area contributed by atoms with E-state index in [1.807, 2.05) is 25.3 Å². The zero-order chi connectivity index (χ0) is 21.0. The molecule has 3 aromatic rings. The topological polar surface area (TPSA) is 97.3 Å². The van der Waals surface area contributed by atoms with Crippen molar-refractivity contribution < 1.29 is 9.18 Å². The molecule has 7 nitrogen and oxygen atoms in total. The highest BCUT2D eigenvalue weighted by atomic mass is 19.1. The van der Waals surface area contributed by atoms with Crippen LogP contribution in [0.5, 0.6) is 0 Å². The summed E-state index contributed by atoms with van der Waals surface area (Å²) in [5.74, 6) is -0.344. The predicted octanol–water partition coefficient (Wildman–Crippen LogP) is 3.51. The third-order valence-electron chi connectivity index (χ3n) is 4.27. The highest BCUT2D eigenvalue weighted by molar-refractivity contribution is 6.00. The summed E-state index contributed by atoms with van der Waals surface area (Å²) in [6.45, 7) is 5.37. The van der Waals surface area contributed by atoms with Crippen LogP contribution in [0.1, 0.15) is 5.56 Å². The number of aryl methyl sites for hydroxylation is 1. The number of amides is 1. The molecule has 0 radical (unpaired) electrons. The Balaban J connectivity index is 2.05. The van der Waals surface area contributed by atoms with E-state index in [1.54, 1.807) is 30.0 Å². The number of nitrogens with one attached hydrogen (secondary N) is 2. The van der Waals surface area contributed by atoms with Gasteiger partial charge < -0.3 is 20.9 Å². The predicted molar refractivity (Wildman–Crippen MR) is 115 cm³/mol. The summed E-state index contributed by atoms with van der Waals surface area (Å²) < 4.78 is 16.4. The normalized spacial score (nSPS) is 11.8. The van der Waals surface area contributed by atoms with Crippen LogP contribution in [0.2, 0.25) is 0 Å². The lowest BCUT2D eigenvalue weighted by atomic mass is 10.1. The number of rotatable bonds is 6. The number of carbonyl (C=O) groups is 1. The van der Waals surface area contributed by atoms with Gasteiger partial charge >= 0.3 is 0 Å². The molecule has 1 aromatic carbocycles. The first-order chi connectivity index (χ1) is 14.0. The summed E-state index contributed by atoms with van der Waals surface area (Å²) in [4.78, 5) is 19.5. The number of hydrogen-bond acceptors (Lipinski definition) is 5. The highest BCUT2D eigenvalue weighted by Gasteiger charge is 2.13. The van der Waals surface area contributed by atoms with Crippen molar-refractivity contribution in [2.45, 2.75) is 6.92 Å². The first-order valence-electron chi connectivity index (χ1n) is 8.79. The SMILES string of the molecule is C=CC(=O)Nc1ccc2c(c1)c(C)cn2-c1cc(N/C(C=NC)=C/N)ncc1F. The Hall–Kier alpha value is -3.94. The van der Waals surface area contributed by atoms with Gasteiger partial charge in [-0.3, -0.25) is 9.79 Å². The number of aromatic nitrogens is 2. The molecule has 8 heteroatoms. The van der Waals surface area contributed by atoms with Crippen molar-refractivity contribution >= 4 is 34.5 Å². The molecule has 1 amide bonds. The molecule has 0 saturated carbocycles. The Morgan fingerprint density at radius 1 is 1.34 bits per heavy atom. The van der Waals surface area contributed by atoms with Crippen LogP contribution in [0.3, 0.4) is 0 Å². The number of nitrogens with zero attached hydrogens (tertiary/aromatic N) is 3. The first-order valence-corrected chi connectivity index (χ1v) is 8.79. The Morgan fingerprint density at radius 2 is 2.14 bits per heavy atom. The van der Waals surface area contributed by atoms with Crippen molar-refractivity contribution in [3.05, 3.63) is 72.6 Å². The molecule has 0 aliphatic heterocycles. The van der Waals surface area contributed by atoms with Gasteiger partial charge in [0.2, 0.25) is 5.91 Å². The maximum atomic E-state index is 14.6. The van der Waals surface area contributed by atoms with Gasteiger partial charge in [0.05, 0.1) is 23.1 Å². The van der Waals surface area contributed by atoms with Gasteiger partial charge in [0.1, 0.15) is 5.82 Å². The van der Waals surface area contributed by atoms with Crippen molar-refractivity contribution in [3.63, 3.8) is 0 Å². The van der Waals surface area contributed by atoms with Gasteiger partial charge in [-0.1, -0.05) is 6.58 Å². The number of hydrogen-bond donors (Lipinski definition) is 3. The van der Waals surface area contributed by atoms with Crippen LogP contribution < -0.4 is 16.4 Å².